The second kappa shape index (κ2) is 8.04. The minimum atomic E-state index is -3.64. The first-order valence-corrected chi connectivity index (χ1v) is 11.0. The maximum atomic E-state index is 12.8. The molecular formula is C18H28N6O3S. The van der Waals surface area contributed by atoms with E-state index in [9.17, 15) is 13.2 Å². The summed E-state index contributed by atoms with van der Waals surface area (Å²) in [6.45, 7) is 7.23. The van der Waals surface area contributed by atoms with E-state index in [4.69, 9.17) is 0 Å². The molecule has 0 unspecified atom stereocenters. The summed E-state index contributed by atoms with van der Waals surface area (Å²) in [5.41, 5.74) is 1.87. The average Bonchev–Trinajstić information content (AvgIpc) is 3.27. The van der Waals surface area contributed by atoms with Gasteiger partial charge in [-0.05, 0) is 33.6 Å². The molecule has 3 heterocycles. The lowest BCUT2D eigenvalue weighted by Crippen LogP contribution is -2.45. The van der Waals surface area contributed by atoms with Crippen molar-refractivity contribution in [2.24, 2.45) is 13.0 Å². The van der Waals surface area contributed by atoms with E-state index in [1.807, 2.05) is 31.6 Å². The quantitative estimate of drug-likeness (QED) is 0.774. The Labute approximate surface area is 165 Å². The Balaban J connectivity index is 1.68. The number of amides is 1. The number of nitrogens with one attached hydrogen (secondary N) is 1. The summed E-state index contributed by atoms with van der Waals surface area (Å²) in [5.74, 6) is -0.494. The highest BCUT2D eigenvalue weighted by atomic mass is 32.2. The molecule has 1 saturated heterocycles. The fourth-order valence-corrected chi connectivity index (χ4v) is 5.10. The first-order chi connectivity index (χ1) is 13.2. The Hall–Kier alpha value is -2.20. The molecule has 1 N–H and O–H groups in total. The summed E-state index contributed by atoms with van der Waals surface area (Å²) in [5, 5.41) is 11.4. The second-order valence-electron chi connectivity index (χ2n) is 7.31. The molecule has 0 radical (unpaired) electrons. The van der Waals surface area contributed by atoms with Crippen LogP contribution in [0.1, 0.15) is 44.0 Å². The fourth-order valence-electron chi connectivity index (χ4n) is 3.59. The van der Waals surface area contributed by atoms with E-state index in [0.29, 0.717) is 19.4 Å². The molecule has 28 heavy (non-hydrogen) atoms. The predicted octanol–water partition coefficient (Wildman–Crippen LogP) is 1.22. The summed E-state index contributed by atoms with van der Waals surface area (Å²) in [6, 6.07) is -0.182. The Morgan fingerprint density at radius 3 is 2.75 bits per heavy atom. The molecule has 3 rings (SSSR count). The Morgan fingerprint density at radius 1 is 1.39 bits per heavy atom. The standard InChI is InChI=1S/C18H28N6O3S/c1-5-23-12-17(14(3)21-23)13(2)20-18(25)15-7-6-8-24(10-15)28(26,27)16-9-19-22(4)11-16/h9,11-13,15H,5-8,10H2,1-4H3,(H,20,25)/t13-,15-/m0/s1. The van der Waals surface area contributed by atoms with Crippen LogP contribution >= 0.6 is 0 Å². The van der Waals surface area contributed by atoms with Crippen LogP contribution in [0, 0.1) is 12.8 Å². The molecule has 0 aromatic carbocycles. The molecule has 2 atom stereocenters. The van der Waals surface area contributed by atoms with E-state index < -0.39 is 10.0 Å². The summed E-state index contributed by atoms with van der Waals surface area (Å²) < 4.78 is 30.3. The van der Waals surface area contributed by atoms with Crippen molar-refractivity contribution in [3.05, 3.63) is 29.8 Å². The number of aryl methyl sites for hydroxylation is 3. The monoisotopic (exact) mass is 408 g/mol. The van der Waals surface area contributed by atoms with Gasteiger partial charge in [0.25, 0.3) is 0 Å². The van der Waals surface area contributed by atoms with Crippen LogP contribution in [0.2, 0.25) is 0 Å². The van der Waals surface area contributed by atoms with Gasteiger partial charge in [-0.1, -0.05) is 0 Å². The fraction of sp³-hybridized carbons (Fsp3) is 0.611. The van der Waals surface area contributed by atoms with Gasteiger partial charge in [0.2, 0.25) is 15.9 Å². The van der Waals surface area contributed by atoms with Crippen molar-refractivity contribution >= 4 is 15.9 Å². The lowest BCUT2D eigenvalue weighted by atomic mass is 9.98. The third-order valence-electron chi connectivity index (χ3n) is 5.21. The van der Waals surface area contributed by atoms with Gasteiger partial charge in [-0.15, -0.1) is 0 Å². The maximum absolute atomic E-state index is 12.8. The predicted molar refractivity (Wildman–Crippen MR) is 104 cm³/mol. The molecule has 10 heteroatoms. The third-order valence-corrected chi connectivity index (χ3v) is 7.03. The minimum absolute atomic E-state index is 0.123. The smallest absolute Gasteiger partial charge is 0.246 e. The highest BCUT2D eigenvalue weighted by molar-refractivity contribution is 7.89. The highest BCUT2D eigenvalue weighted by Crippen LogP contribution is 2.25. The van der Waals surface area contributed by atoms with E-state index in [1.54, 1.807) is 7.05 Å². The Bertz CT molecular complexity index is 948. The molecule has 2 aromatic heterocycles. The van der Waals surface area contributed by atoms with Gasteiger partial charge in [0.15, 0.2) is 0 Å². The van der Waals surface area contributed by atoms with Crippen molar-refractivity contribution < 1.29 is 13.2 Å². The van der Waals surface area contributed by atoms with Crippen LogP contribution in [0.25, 0.3) is 0 Å². The summed E-state index contributed by atoms with van der Waals surface area (Å²) in [7, 11) is -1.96. The first kappa shape index (κ1) is 20.5. The number of carbonyl (C=O) groups is 1. The van der Waals surface area contributed by atoms with Crippen LogP contribution in [-0.2, 0) is 28.4 Å². The molecule has 0 saturated carbocycles. The van der Waals surface area contributed by atoms with Crippen LogP contribution in [0.3, 0.4) is 0 Å². The largest absolute Gasteiger partial charge is 0.349 e. The number of carbonyl (C=O) groups excluding carboxylic acids is 1. The van der Waals surface area contributed by atoms with Crippen LogP contribution in [-0.4, -0.2) is 51.3 Å². The van der Waals surface area contributed by atoms with E-state index in [1.165, 1.54) is 21.4 Å². The normalized spacial score (nSPS) is 19.5. The first-order valence-electron chi connectivity index (χ1n) is 9.55. The van der Waals surface area contributed by atoms with E-state index in [-0.39, 0.29) is 29.3 Å². The van der Waals surface area contributed by atoms with Crippen molar-refractivity contribution in [3.63, 3.8) is 0 Å². The zero-order chi connectivity index (χ0) is 20.5. The lowest BCUT2D eigenvalue weighted by molar-refractivity contribution is -0.126. The van der Waals surface area contributed by atoms with Gasteiger partial charge in [0.05, 0.1) is 23.9 Å². The lowest BCUT2D eigenvalue weighted by Gasteiger charge is -2.31. The van der Waals surface area contributed by atoms with Crippen molar-refractivity contribution in [1.29, 1.82) is 0 Å². The molecule has 1 aliphatic rings. The van der Waals surface area contributed by atoms with Gasteiger partial charge in [-0.25, -0.2) is 8.42 Å². The van der Waals surface area contributed by atoms with Gasteiger partial charge < -0.3 is 5.32 Å². The SMILES string of the molecule is CCn1cc([C@H](C)NC(=O)[C@H]2CCCN(S(=O)(=O)c3cnn(C)c3)C2)c(C)n1. The molecule has 0 spiro atoms. The van der Waals surface area contributed by atoms with Crippen LogP contribution < -0.4 is 5.32 Å². The molecule has 154 valence electrons. The van der Waals surface area contributed by atoms with Crippen LogP contribution in [0.15, 0.2) is 23.5 Å². The minimum Gasteiger partial charge on any atom is -0.349 e. The van der Waals surface area contributed by atoms with E-state index in [0.717, 1.165) is 17.8 Å². The number of piperidine rings is 1. The zero-order valence-electron chi connectivity index (χ0n) is 16.8. The van der Waals surface area contributed by atoms with Gasteiger partial charge in [-0.2, -0.15) is 14.5 Å². The topological polar surface area (TPSA) is 102 Å². The zero-order valence-corrected chi connectivity index (χ0v) is 17.6. The molecule has 0 aliphatic carbocycles. The molecular weight excluding hydrogens is 380 g/mol. The van der Waals surface area contributed by atoms with Crippen molar-refractivity contribution in [3.8, 4) is 0 Å². The van der Waals surface area contributed by atoms with Gasteiger partial charge in [0.1, 0.15) is 4.90 Å². The highest BCUT2D eigenvalue weighted by Gasteiger charge is 2.34. The molecule has 1 aliphatic heterocycles. The number of sulfonamides is 1. The van der Waals surface area contributed by atoms with Crippen molar-refractivity contribution in [2.45, 2.75) is 51.1 Å². The van der Waals surface area contributed by atoms with Gasteiger partial charge in [-0.3, -0.25) is 14.2 Å². The van der Waals surface area contributed by atoms with E-state index >= 15 is 0 Å². The summed E-state index contributed by atoms with van der Waals surface area (Å²) in [4.78, 5) is 13.0. The van der Waals surface area contributed by atoms with Crippen LogP contribution in [0.5, 0.6) is 0 Å². The van der Waals surface area contributed by atoms with Gasteiger partial charge >= 0.3 is 0 Å². The number of nitrogens with zero attached hydrogens (tertiary/aromatic N) is 5. The second-order valence-corrected chi connectivity index (χ2v) is 9.25. The third kappa shape index (κ3) is 4.12. The number of aromatic nitrogens is 4. The summed E-state index contributed by atoms with van der Waals surface area (Å²) in [6.07, 6.45) is 6.09. The van der Waals surface area contributed by atoms with Gasteiger partial charge in [0, 0.05) is 44.6 Å². The number of hydrogen-bond donors (Lipinski definition) is 1. The average molecular weight is 409 g/mol. The van der Waals surface area contributed by atoms with Crippen molar-refractivity contribution in [1.82, 2.24) is 29.2 Å². The summed E-state index contributed by atoms with van der Waals surface area (Å²) >= 11 is 0. The number of rotatable bonds is 6. The molecule has 1 fully saturated rings. The number of hydrogen-bond acceptors (Lipinski definition) is 5. The molecule has 1 amide bonds. The Kier molecular flexibility index (Phi) is 5.90. The van der Waals surface area contributed by atoms with Crippen molar-refractivity contribution in [2.75, 3.05) is 13.1 Å². The molecule has 0 bridgehead atoms. The van der Waals surface area contributed by atoms with E-state index in [2.05, 4.69) is 15.5 Å². The molecule has 2 aromatic rings. The van der Waals surface area contributed by atoms with Crippen LogP contribution in [0.4, 0.5) is 0 Å². The Morgan fingerprint density at radius 2 is 2.14 bits per heavy atom. The molecule has 9 nitrogen and oxygen atoms in total. The maximum Gasteiger partial charge on any atom is 0.246 e.